The molecule has 1 aliphatic rings. The molecule has 1 aliphatic heterocycles. The Kier molecular flexibility index (Phi) is 6.93. The lowest BCUT2D eigenvalue weighted by atomic mass is 10.1. The van der Waals surface area contributed by atoms with Gasteiger partial charge in [-0.1, -0.05) is 0 Å². The minimum Gasteiger partial charge on any atom is -0.497 e. The van der Waals surface area contributed by atoms with Crippen molar-refractivity contribution in [1.82, 2.24) is 10.6 Å². The predicted octanol–water partition coefficient (Wildman–Crippen LogP) is 1.03. The molecule has 1 saturated heterocycles. The minimum atomic E-state index is -0.456. The van der Waals surface area contributed by atoms with Gasteiger partial charge in [0.05, 0.1) is 32.4 Å². The summed E-state index contributed by atoms with van der Waals surface area (Å²) in [5.41, 5.74) is 0.851. The van der Waals surface area contributed by atoms with Crippen molar-refractivity contribution in [3.8, 4) is 11.5 Å². The number of β-amino-alcohol motifs (C(OH)–C–C–N with tert-alkyl or cyclic N) is 1. The number of aliphatic hydroxyl groups excluding tert-OH is 1. The Balaban J connectivity index is 0.00000242. The average Bonchev–Trinajstić information content (AvgIpc) is 2.93. The van der Waals surface area contributed by atoms with Crippen LogP contribution in [0.3, 0.4) is 0 Å². The molecule has 3 unspecified atom stereocenters. The highest BCUT2D eigenvalue weighted by molar-refractivity contribution is 5.85. The molecule has 124 valence electrons. The van der Waals surface area contributed by atoms with Gasteiger partial charge in [-0.25, -0.2) is 0 Å². The highest BCUT2D eigenvalue weighted by Gasteiger charge is 2.29. The Morgan fingerprint density at radius 2 is 2.14 bits per heavy atom. The second kappa shape index (κ2) is 8.22. The Hall–Kier alpha value is -1.50. The molecular formula is C15H23ClN2O4. The quantitative estimate of drug-likeness (QED) is 0.751. The second-order valence-electron chi connectivity index (χ2n) is 5.19. The molecule has 1 heterocycles. The van der Waals surface area contributed by atoms with Crippen LogP contribution in [0, 0.1) is 0 Å². The van der Waals surface area contributed by atoms with Gasteiger partial charge in [-0.15, -0.1) is 12.4 Å². The number of benzene rings is 1. The van der Waals surface area contributed by atoms with Crippen molar-refractivity contribution in [2.24, 2.45) is 0 Å². The first-order chi connectivity index (χ1) is 10.0. The van der Waals surface area contributed by atoms with E-state index in [1.807, 2.05) is 25.1 Å². The lowest BCUT2D eigenvalue weighted by molar-refractivity contribution is -0.123. The van der Waals surface area contributed by atoms with Crippen LogP contribution >= 0.6 is 12.4 Å². The molecule has 2 rings (SSSR count). The summed E-state index contributed by atoms with van der Waals surface area (Å²) in [6.07, 6.45) is -0.0178. The summed E-state index contributed by atoms with van der Waals surface area (Å²) >= 11 is 0. The smallest absolute Gasteiger partial charge is 0.237 e. The van der Waals surface area contributed by atoms with E-state index in [9.17, 15) is 9.90 Å². The van der Waals surface area contributed by atoms with Crippen molar-refractivity contribution in [2.75, 3.05) is 20.8 Å². The molecule has 6 nitrogen and oxygen atoms in total. The summed E-state index contributed by atoms with van der Waals surface area (Å²) in [7, 11) is 3.19. The van der Waals surface area contributed by atoms with Gasteiger partial charge in [0, 0.05) is 12.1 Å². The third kappa shape index (κ3) is 4.25. The summed E-state index contributed by atoms with van der Waals surface area (Å²) in [4.78, 5) is 12.2. The molecule has 0 saturated carbocycles. The maximum absolute atomic E-state index is 12.2. The fraction of sp³-hybridized carbons (Fsp3) is 0.533. The minimum absolute atomic E-state index is 0. The molecule has 1 amide bonds. The Morgan fingerprint density at radius 3 is 2.68 bits per heavy atom. The van der Waals surface area contributed by atoms with Gasteiger partial charge in [-0.05, 0) is 31.5 Å². The van der Waals surface area contributed by atoms with E-state index in [-0.39, 0.29) is 30.4 Å². The number of hydrogen-bond donors (Lipinski definition) is 3. The number of carbonyl (C=O) groups is 1. The van der Waals surface area contributed by atoms with Crippen LogP contribution in [0.15, 0.2) is 18.2 Å². The van der Waals surface area contributed by atoms with Gasteiger partial charge >= 0.3 is 0 Å². The molecule has 0 aromatic heterocycles. The van der Waals surface area contributed by atoms with Crippen molar-refractivity contribution in [1.29, 1.82) is 0 Å². The predicted molar refractivity (Wildman–Crippen MR) is 85.8 cm³/mol. The normalized spacial score (nSPS) is 21.6. The fourth-order valence-corrected chi connectivity index (χ4v) is 2.49. The number of methoxy groups -OCH3 is 2. The number of carbonyl (C=O) groups excluding carboxylic acids is 1. The standard InChI is InChI=1S/C15H22N2O4.ClH/c1-9(17-15(19)13-6-10(18)8-16-13)12-7-11(20-2)4-5-14(12)21-3;/h4-5,7,9-10,13,16,18H,6,8H2,1-3H3,(H,17,19);1H. The second-order valence-corrected chi connectivity index (χ2v) is 5.19. The Bertz CT molecular complexity index is 512. The molecule has 1 aromatic rings. The number of nitrogens with one attached hydrogen (secondary N) is 2. The number of ether oxygens (including phenoxy) is 2. The molecular weight excluding hydrogens is 308 g/mol. The molecule has 22 heavy (non-hydrogen) atoms. The number of rotatable bonds is 5. The largest absolute Gasteiger partial charge is 0.497 e. The van der Waals surface area contributed by atoms with Crippen LogP contribution < -0.4 is 20.1 Å². The van der Waals surface area contributed by atoms with E-state index in [0.29, 0.717) is 24.5 Å². The molecule has 3 atom stereocenters. The SMILES string of the molecule is COc1ccc(OC)c(C(C)NC(=O)C2CC(O)CN2)c1.Cl. The third-order valence-electron chi connectivity index (χ3n) is 3.69. The van der Waals surface area contributed by atoms with E-state index in [0.717, 1.165) is 5.56 Å². The van der Waals surface area contributed by atoms with Gasteiger partial charge < -0.3 is 25.2 Å². The average molecular weight is 331 g/mol. The first-order valence-corrected chi connectivity index (χ1v) is 6.99. The Labute approximate surface area is 136 Å². The van der Waals surface area contributed by atoms with E-state index in [1.54, 1.807) is 14.2 Å². The molecule has 0 spiro atoms. The molecule has 7 heteroatoms. The van der Waals surface area contributed by atoms with E-state index in [2.05, 4.69) is 10.6 Å². The van der Waals surface area contributed by atoms with Gasteiger partial charge in [0.1, 0.15) is 11.5 Å². The molecule has 3 N–H and O–H groups in total. The summed E-state index contributed by atoms with van der Waals surface area (Å²) in [5.74, 6) is 1.29. The highest BCUT2D eigenvalue weighted by atomic mass is 35.5. The summed E-state index contributed by atoms with van der Waals surface area (Å²) in [5, 5.41) is 15.4. The van der Waals surface area contributed by atoms with Crippen molar-refractivity contribution >= 4 is 18.3 Å². The monoisotopic (exact) mass is 330 g/mol. The van der Waals surface area contributed by atoms with Crippen LogP contribution in [-0.4, -0.2) is 43.9 Å². The molecule has 1 aromatic carbocycles. The number of aliphatic hydroxyl groups is 1. The number of amides is 1. The lowest BCUT2D eigenvalue weighted by Crippen LogP contribution is -2.41. The van der Waals surface area contributed by atoms with Gasteiger partial charge in [0.2, 0.25) is 5.91 Å². The zero-order chi connectivity index (χ0) is 15.4. The van der Waals surface area contributed by atoms with Gasteiger partial charge in [0.25, 0.3) is 0 Å². The number of hydrogen-bond acceptors (Lipinski definition) is 5. The first kappa shape index (κ1) is 18.5. The third-order valence-corrected chi connectivity index (χ3v) is 3.69. The molecule has 1 fully saturated rings. The van der Waals surface area contributed by atoms with Crippen LogP contribution in [0.2, 0.25) is 0 Å². The van der Waals surface area contributed by atoms with Gasteiger partial charge in [-0.3, -0.25) is 4.79 Å². The van der Waals surface area contributed by atoms with Crippen LogP contribution in [0.25, 0.3) is 0 Å². The van der Waals surface area contributed by atoms with Crippen LogP contribution in [0.5, 0.6) is 11.5 Å². The summed E-state index contributed by atoms with van der Waals surface area (Å²) in [6.45, 7) is 2.34. The topological polar surface area (TPSA) is 79.8 Å². The maximum atomic E-state index is 12.2. The van der Waals surface area contributed by atoms with Crippen LogP contribution in [0.4, 0.5) is 0 Å². The Morgan fingerprint density at radius 1 is 1.41 bits per heavy atom. The van der Waals surface area contributed by atoms with Crippen LogP contribution in [-0.2, 0) is 4.79 Å². The summed E-state index contributed by atoms with van der Waals surface area (Å²) in [6, 6.07) is 4.90. The first-order valence-electron chi connectivity index (χ1n) is 6.99. The molecule has 0 radical (unpaired) electrons. The van der Waals surface area contributed by atoms with E-state index >= 15 is 0 Å². The van der Waals surface area contributed by atoms with E-state index in [1.165, 1.54) is 0 Å². The van der Waals surface area contributed by atoms with Gasteiger partial charge in [0.15, 0.2) is 0 Å². The summed E-state index contributed by atoms with van der Waals surface area (Å²) < 4.78 is 10.5. The van der Waals surface area contributed by atoms with Gasteiger partial charge in [-0.2, -0.15) is 0 Å². The zero-order valence-electron chi connectivity index (χ0n) is 13.0. The van der Waals surface area contributed by atoms with Crippen molar-refractivity contribution in [2.45, 2.75) is 31.5 Å². The lowest BCUT2D eigenvalue weighted by Gasteiger charge is -2.20. The molecule has 0 bridgehead atoms. The van der Waals surface area contributed by atoms with Crippen LogP contribution in [0.1, 0.15) is 24.9 Å². The zero-order valence-corrected chi connectivity index (χ0v) is 13.8. The van der Waals surface area contributed by atoms with Crippen molar-refractivity contribution < 1.29 is 19.4 Å². The maximum Gasteiger partial charge on any atom is 0.237 e. The van der Waals surface area contributed by atoms with E-state index < -0.39 is 6.10 Å². The fourth-order valence-electron chi connectivity index (χ4n) is 2.49. The van der Waals surface area contributed by atoms with Crippen molar-refractivity contribution in [3.05, 3.63) is 23.8 Å². The number of halogens is 1. The van der Waals surface area contributed by atoms with E-state index in [4.69, 9.17) is 9.47 Å². The van der Waals surface area contributed by atoms with Crippen molar-refractivity contribution in [3.63, 3.8) is 0 Å². The molecule has 0 aliphatic carbocycles. The highest BCUT2D eigenvalue weighted by Crippen LogP contribution is 2.29.